The number of benzene rings is 1. The molecule has 21 heavy (non-hydrogen) atoms. The summed E-state index contributed by atoms with van der Waals surface area (Å²) in [5.41, 5.74) is 4.48. The van der Waals surface area contributed by atoms with Crippen molar-refractivity contribution < 1.29 is 0 Å². The van der Waals surface area contributed by atoms with Crippen LogP contribution in [0.4, 0.5) is 0 Å². The van der Waals surface area contributed by atoms with Gasteiger partial charge in [-0.05, 0) is 29.8 Å². The van der Waals surface area contributed by atoms with E-state index in [1.165, 1.54) is 10.8 Å². The van der Waals surface area contributed by atoms with Crippen molar-refractivity contribution in [3.8, 4) is 0 Å². The lowest BCUT2D eigenvalue weighted by molar-refractivity contribution is 1.32. The molecule has 1 aromatic carbocycles. The second-order valence-electron chi connectivity index (χ2n) is 6.31. The average Bonchev–Trinajstić information content (AvgIpc) is 3.12. The monoisotopic (exact) mass is 292 g/mol. The normalized spacial score (nSPS) is 16.5. The lowest BCUT2D eigenvalue weighted by Gasteiger charge is -2.17. The molecule has 1 N–H and O–H groups in total. The van der Waals surface area contributed by atoms with Crippen LogP contribution in [0, 0.1) is 0 Å². The van der Waals surface area contributed by atoms with Gasteiger partial charge in [0.05, 0.1) is 13.8 Å². The highest BCUT2D eigenvalue weighted by molar-refractivity contribution is 6.88. The lowest BCUT2D eigenvalue weighted by Crippen LogP contribution is -2.37. The van der Waals surface area contributed by atoms with Gasteiger partial charge in [0.2, 0.25) is 0 Å². The lowest BCUT2D eigenvalue weighted by atomic mass is 10.0. The fraction of sp³-hybridized carbons (Fsp3) is 0.167. The van der Waals surface area contributed by atoms with Crippen LogP contribution in [-0.2, 0) is 0 Å². The second kappa shape index (κ2) is 5.33. The zero-order valence-corrected chi connectivity index (χ0v) is 13.7. The third-order valence-corrected chi connectivity index (χ3v) is 5.78. The molecule has 0 saturated heterocycles. The zero-order chi connectivity index (χ0) is 14.9. The van der Waals surface area contributed by atoms with E-state index < -0.39 is 8.07 Å². The van der Waals surface area contributed by atoms with Gasteiger partial charge in [-0.25, -0.2) is 0 Å². The number of aliphatic imine (C=N–C) groups is 1. The molecule has 0 bridgehead atoms. The molecule has 1 aromatic heterocycles. The maximum atomic E-state index is 4.47. The van der Waals surface area contributed by atoms with Crippen LogP contribution in [0.3, 0.4) is 0 Å². The molecular weight excluding hydrogens is 272 g/mol. The minimum Gasteiger partial charge on any atom is -0.361 e. The number of allylic oxidation sites excluding steroid dienone is 2. The third-order valence-electron chi connectivity index (χ3n) is 3.72. The van der Waals surface area contributed by atoms with Crippen LogP contribution in [-0.4, -0.2) is 19.3 Å². The predicted molar refractivity (Wildman–Crippen MR) is 93.9 cm³/mol. The highest BCUT2D eigenvalue weighted by Crippen LogP contribution is 2.28. The van der Waals surface area contributed by atoms with Crippen molar-refractivity contribution in [2.45, 2.75) is 19.6 Å². The molecule has 106 valence electrons. The van der Waals surface area contributed by atoms with E-state index in [1.807, 2.05) is 24.6 Å². The largest absolute Gasteiger partial charge is 0.361 e. The Morgan fingerprint density at radius 1 is 1.05 bits per heavy atom. The van der Waals surface area contributed by atoms with Crippen LogP contribution in [0.5, 0.6) is 0 Å². The minimum absolute atomic E-state index is 1.01. The molecule has 0 amide bonds. The molecule has 0 spiro atoms. The van der Waals surface area contributed by atoms with Crippen LogP contribution in [0.2, 0.25) is 19.6 Å². The van der Waals surface area contributed by atoms with Crippen LogP contribution in [0.1, 0.15) is 11.3 Å². The molecule has 0 unspecified atom stereocenters. The first-order valence-corrected chi connectivity index (χ1v) is 10.8. The zero-order valence-electron chi connectivity index (χ0n) is 12.7. The molecule has 2 nitrogen and oxygen atoms in total. The van der Waals surface area contributed by atoms with E-state index in [0.29, 0.717) is 0 Å². The number of aromatic amines is 1. The molecule has 0 saturated carbocycles. The molecule has 1 aliphatic heterocycles. The van der Waals surface area contributed by atoms with Gasteiger partial charge in [0.1, 0.15) is 0 Å². The molecule has 2 heterocycles. The van der Waals surface area contributed by atoms with Crippen molar-refractivity contribution in [3.05, 3.63) is 71.7 Å². The van der Waals surface area contributed by atoms with Gasteiger partial charge in [-0.15, -0.1) is 0 Å². The summed E-state index contributed by atoms with van der Waals surface area (Å²) in [6.07, 6.45) is 7.83. The van der Waals surface area contributed by atoms with E-state index in [0.717, 1.165) is 17.0 Å². The van der Waals surface area contributed by atoms with E-state index in [1.54, 1.807) is 0 Å². The van der Waals surface area contributed by atoms with E-state index in [-0.39, 0.29) is 0 Å². The van der Waals surface area contributed by atoms with Gasteiger partial charge in [0.15, 0.2) is 0 Å². The second-order valence-corrected chi connectivity index (χ2v) is 11.4. The SMILES string of the molecule is C[Si](C)(C)c1ccc(/C(=C2/C=CC=N2)c2ccc[nH]2)cc1. The highest BCUT2D eigenvalue weighted by atomic mass is 28.3. The Morgan fingerprint density at radius 3 is 2.33 bits per heavy atom. The third kappa shape index (κ3) is 2.83. The summed E-state index contributed by atoms with van der Waals surface area (Å²) >= 11 is 0. The number of nitrogens with one attached hydrogen (secondary N) is 1. The van der Waals surface area contributed by atoms with Crippen molar-refractivity contribution >= 4 is 25.0 Å². The van der Waals surface area contributed by atoms with Crippen molar-refractivity contribution in [3.63, 3.8) is 0 Å². The first-order chi connectivity index (χ1) is 10.1. The van der Waals surface area contributed by atoms with Crippen LogP contribution >= 0.6 is 0 Å². The molecule has 0 radical (unpaired) electrons. The molecule has 3 heteroatoms. The van der Waals surface area contributed by atoms with Crippen molar-refractivity contribution in [2.24, 2.45) is 4.99 Å². The van der Waals surface area contributed by atoms with E-state index >= 15 is 0 Å². The number of hydrogen-bond acceptors (Lipinski definition) is 1. The number of aromatic nitrogens is 1. The fourth-order valence-electron chi connectivity index (χ4n) is 2.51. The van der Waals surface area contributed by atoms with E-state index in [4.69, 9.17) is 0 Å². The molecule has 1 aliphatic rings. The number of rotatable bonds is 3. The number of H-pyrrole nitrogens is 1. The van der Waals surface area contributed by atoms with Gasteiger partial charge in [-0.1, -0.05) is 49.1 Å². The maximum absolute atomic E-state index is 4.47. The molecule has 0 aliphatic carbocycles. The Balaban J connectivity index is 2.09. The smallest absolute Gasteiger partial charge is 0.0775 e. The van der Waals surface area contributed by atoms with Crippen molar-refractivity contribution in [1.29, 1.82) is 0 Å². The Morgan fingerprint density at radius 2 is 1.81 bits per heavy atom. The first kappa shape index (κ1) is 13.8. The maximum Gasteiger partial charge on any atom is 0.0775 e. The van der Waals surface area contributed by atoms with E-state index in [2.05, 4.69) is 66.0 Å². The minimum atomic E-state index is -1.26. The van der Waals surface area contributed by atoms with Gasteiger partial charge >= 0.3 is 0 Å². The Labute approximate surface area is 127 Å². The summed E-state index contributed by atoms with van der Waals surface area (Å²) in [5, 5.41) is 1.48. The number of nitrogens with zero attached hydrogens (tertiary/aromatic N) is 1. The predicted octanol–water partition coefficient (Wildman–Crippen LogP) is 3.96. The molecule has 3 rings (SSSR count). The standard InChI is InChI=1S/C18H20N2Si/c1-21(2,3)15-10-8-14(9-11-15)18(16-6-4-12-19-16)17-7-5-13-20-17/h4-13,19H,1-3H3/b18-17+. The topological polar surface area (TPSA) is 28.1 Å². The molecule has 0 atom stereocenters. The van der Waals surface area contributed by atoms with E-state index in [9.17, 15) is 0 Å². The molecule has 2 aromatic rings. The van der Waals surface area contributed by atoms with Gasteiger partial charge < -0.3 is 4.98 Å². The van der Waals surface area contributed by atoms with Gasteiger partial charge in [0, 0.05) is 23.7 Å². The summed E-state index contributed by atoms with van der Waals surface area (Å²) in [4.78, 5) is 7.77. The van der Waals surface area contributed by atoms with Crippen molar-refractivity contribution in [2.75, 3.05) is 0 Å². The summed E-state index contributed by atoms with van der Waals surface area (Å²) in [6.45, 7) is 7.11. The Bertz CT molecular complexity index is 698. The van der Waals surface area contributed by atoms with Gasteiger partial charge in [-0.3, -0.25) is 4.99 Å². The van der Waals surface area contributed by atoms with Gasteiger partial charge in [-0.2, -0.15) is 0 Å². The van der Waals surface area contributed by atoms with Crippen LogP contribution in [0.15, 0.2) is 65.4 Å². The average molecular weight is 292 g/mol. The molecular formula is C18H20N2Si. The summed E-state index contributed by atoms with van der Waals surface area (Å²) in [7, 11) is -1.26. The van der Waals surface area contributed by atoms with Gasteiger partial charge in [0.25, 0.3) is 0 Å². The summed E-state index contributed by atoms with van der Waals surface area (Å²) < 4.78 is 0. The highest BCUT2D eigenvalue weighted by Gasteiger charge is 2.17. The van der Waals surface area contributed by atoms with Crippen molar-refractivity contribution in [1.82, 2.24) is 4.98 Å². The first-order valence-electron chi connectivity index (χ1n) is 7.25. The van der Waals surface area contributed by atoms with Crippen LogP contribution < -0.4 is 5.19 Å². The Kier molecular flexibility index (Phi) is 3.51. The fourth-order valence-corrected chi connectivity index (χ4v) is 3.68. The summed E-state index contributed by atoms with van der Waals surface area (Å²) in [6, 6.07) is 13.1. The number of hydrogen-bond donors (Lipinski definition) is 1. The quantitative estimate of drug-likeness (QED) is 0.830. The van der Waals surface area contributed by atoms with Crippen LogP contribution in [0.25, 0.3) is 5.57 Å². The summed E-state index contributed by atoms with van der Waals surface area (Å²) in [5.74, 6) is 0. The Hall–Kier alpha value is -2.13. The molecule has 0 fully saturated rings.